The zero-order valence-corrected chi connectivity index (χ0v) is 11.5. The molecule has 3 nitrogen and oxygen atoms in total. The van der Waals surface area contributed by atoms with Crippen molar-refractivity contribution in [2.75, 3.05) is 19.0 Å². The molecule has 2 unspecified atom stereocenters. The molecule has 1 N–H and O–H groups in total. The summed E-state index contributed by atoms with van der Waals surface area (Å²) in [4.78, 5) is 11.9. The van der Waals surface area contributed by atoms with Crippen LogP contribution in [0, 0.1) is 5.92 Å². The molecule has 1 fully saturated rings. The maximum atomic E-state index is 11.9. The molecular weight excluding hydrogens is 238 g/mol. The van der Waals surface area contributed by atoms with Crippen molar-refractivity contribution in [3.05, 3.63) is 0 Å². The zero-order chi connectivity index (χ0) is 12.5. The minimum Gasteiger partial charge on any atom is -0.377 e. The average molecular weight is 262 g/mol. The van der Waals surface area contributed by atoms with Crippen molar-refractivity contribution in [3.63, 3.8) is 0 Å². The first-order chi connectivity index (χ1) is 8.29. The SMILES string of the molecule is CCC1OCCC1C(=O)NCCCCCCCl. The highest BCUT2D eigenvalue weighted by Gasteiger charge is 2.32. The van der Waals surface area contributed by atoms with Gasteiger partial charge in [0.1, 0.15) is 0 Å². The number of hydrogen-bond acceptors (Lipinski definition) is 2. The van der Waals surface area contributed by atoms with Crippen LogP contribution in [0.5, 0.6) is 0 Å². The molecule has 4 heteroatoms. The molecule has 1 amide bonds. The summed E-state index contributed by atoms with van der Waals surface area (Å²) in [5.74, 6) is 0.985. The number of unbranched alkanes of at least 4 members (excludes halogenated alkanes) is 3. The Hall–Kier alpha value is -0.280. The van der Waals surface area contributed by atoms with E-state index in [1.165, 1.54) is 0 Å². The van der Waals surface area contributed by atoms with E-state index in [2.05, 4.69) is 12.2 Å². The Kier molecular flexibility index (Phi) is 7.62. The first-order valence-corrected chi connectivity index (χ1v) is 7.28. The van der Waals surface area contributed by atoms with Gasteiger partial charge in [-0.15, -0.1) is 11.6 Å². The maximum Gasteiger partial charge on any atom is 0.225 e. The molecule has 1 saturated heterocycles. The molecular formula is C13H24ClNO2. The highest BCUT2D eigenvalue weighted by Crippen LogP contribution is 2.23. The minimum absolute atomic E-state index is 0.0721. The standard InChI is InChI=1S/C13H24ClNO2/c1-2-12-11(7-10-17-12)13(16)15-9-6-4-3-5-8-14/h11-12H,2-10H2,1H3,(H,15,16). The number of amides is 1. The van der Waals surface area contributed by atoms with E-state index in [1.54, 1.807) is 0 Å². The van der Waals surface area contributed by atoms with Crippen molar-refractivity contribution in [3.8, 4) is 0 Å². The minimum atomic E-state index is 0.0721. The van der Waals surface area contributed by atoms with Gasteiger partial charge >= 0.3 is 0 Å². The lowest BCUT2D eigenvalue weighted by Crippen LogP contribution is -2.35. The van der Waals surface area contributed by atoms with E-state index in [-0.39, 0.29) is 17.9 Å². The number of nitrogens with one attached hydrogen (secondary N) is 1. The lowest BCUT2D eigenvalue weighted by Gasteiger charge is -2.16. The third-order valence-electron chi connectivity index (χ3n) is 3.31. The molecule has 0 aromatic rings. The van der Waals surface area contributed by atoms with Gasteiger partial charge in [-0.1, -0.05) is 19.8 Å². The number of carbonyl (C=O) groups excluding carboxylic acids is 1. The first-order valence-electron chi connectivity index (χ1n) is 6.74. The predicted molar refractivity (Wildman–Crippen MR) is 70.3 cm³/mol. The van der Waals surface area contributed by atoms with Crippen molar-refractivity contribution in [2.45, 2.75) is 51.6 Å². The van der Waals surface area contributed by atoms with Gasteiger partial charge in [0.05, 0.1) is 12.0 Å². The van der Waals surface area contributed by atoms with E-state index in [0.29, 0.717) is 0 Å². The van der Waals surface area contributed by atoms with Gasteiger partial charge in [0.25, 0.3) is 0 Å². The molecule has 0 aromatic heterocycles. The highest BCUT2D eigenvalue weighted by atomic mass is 35.5. The number of halogens is 1. The van der Waals surface area contributed by atoms with E-state index in [4.69, 9.17) is 16.3 Å². The van der Waals surface area contributed by atoms with Gasteiger partial charge in [0, 0.05) is 19.0 Å². The van der Waals surface area contributed by atoms with Crippen molar-refractivity contribution in [1.82, 2.24) is 5.32 Å². The van der Waals surface area contributed by atoms with E-state index >= 15 is 0 Å². The Morgan fingerprint density at radius 2 is 2.12 bits per heavy atom. The molecule has 1 aliphatic rings. The number of carbonyl (C=O) groups is 1. The summed E-state index contributed by atoms with van der Waals surface area (Å²) in [5, 5.41) is 3.01. The fourth-order valence-corrected chi connectivity index (χ4v) is 2.46. The van der Waals surface area contributed by atoms with E-state index in [1.807, 2.05) is 0 Å². The molecule has 1 rings (SSSR count). The van der Waals surface area contributed by atoms with Crippen LogP contribution in [0.25, 0.3) is 0 Å². The summed E-state index contributed by atoms with van der Waals surface area (Å²) in [7, 11) is 0. The molecule has 0 spiro atoms. The lowest BCUT2D eigenvalue weighted by molar-refractivity contribution is -0.126. The van der Waals surface area contributed by atoms with Gasteiger partial charge in [0.15, 0.2) is 0 Å². The van der Waals surface area contributed by atoms with Crippen LogP contribution in [0.3, 0.4) is 0 Å². The maximum absolute atomic E-state index is 11.9. The Morgan fingerprint density at radius 3 is 2.82 bits per heavy atom. The molecule has 0 aromatic carbocycles. The summed E-state index contributed by atoms with van der Waals surface area (Å²) < 4.78 is 5.52. The Labute approximate surface area is 109 Å². The zero-order valence-electron chi connectivity index (χ0n) is 10.7. The quantitative estimate of drug-likeness (QED) is 0.539. The molecule has 0 radical (unpaired) electrons. The lowest BCUT2D eigenvalue weighted by atomic mass is 9.98. The predicted octanol–water partition coefficient (Wildman–Crippen LogP) is 2.72. The van der Waals surface area contributed by atoms with Crippen molar-refractivity contribution in [1.29, 1.82) is 0 Å². The fourth-order valence-electron chi connectivity index (χ4n) is 2.27. The van der Waals surface area contributed by atoms with Crippen molar-refractivity contribution < 1.29 is 9.53 Å². The summed E-state index contributed by atoms with van der Waals surface area (Å²) in [5.41, 5.74) is 0. The van der Waals surface area contributed by atoms with Gasteiger partial charge in [-0.3, -0.25) is 4.79 Å². The second kappa shape index (κ2) is 8.76. The van der Waals surface area contributed by atoms with Crippen LogP contribution in [-0.2, 0) is 9.53 Å². The van der Waals surface area contributed by atoms with Crippen LogP contribution < -0.4 is 5.32 Å². The second-order valence-electron chi connectivity index (χ2n) is 4.61. The number of alkyl halides is 1. The molecule has 17 heavy (non-hydrogen) atoms. The molecule has 2 atom stereocenters. The molecule has 1 heterocycles. The smallest absolute Gasteiger partial charge is 0.225 e. The topological polar surface area (TPSA) is 38.3 Å². The third kappa shape index (κ3) is 5.26. The summed E-state index contributed by atoms with van der Waals surface area (Å²) in [6.07, 6.45) is 6.35. The van der Waals surface area contributed by atoms with Gasteiger partial charge < -0.3 is 10.1 Å². The largest absolute Gasteiger partial charge is 0.377 e. The molecule has 0 aliphatic carbocycles. The Morgan fingerprint density at radius 1 is 1.35 bits per heavy atom. The summed E-state index contributed by atoms with van der Waals surface area (Å²) in [6, 6.07) is 0. The van der Waals surface area contributed by atoms with Crippen LogP contribution in [0.2, 0.25) is 0 Å². The molecule has 100 valence electrons. The molecule has 1 aliphatic heterocycles. The summed E-state index contributed by atoms with van der Waals surface area (Å²) in [6.45, 7) is 3.59. The van der Waals surface area contributed by atoms with Crippen LogP contribution in [0.1, 0.15) is 45.4 Å². The van der Waals surface area contributed by atoms with Gasteiger partial charge in [-0.2, -0.15) is 0 Å². The number of rotatable bonds is 8. The number of ether oxygens (including phenoxy) is 1. The average Bonchev–Trinajstić information content (AvgIpc) is 2.81. The monoisotopic (exact) mass is 261 g/mol. The van der Waals surface area contributed by atoms with Crippen molar-refractivity contribution in [2.24, 2.45) is 5.92 Å². The van der Waals surface area contributed by atoms with Crippen LogP contribution in [0.4, 0.5) is 0 Å². The second-order valence-corrected chi connectivity index (χ2v) is 4.98. The van der Waals surface area contributed by atoms with Crippen LogP contribution >= 0.6 is 11.6 Å². The van der Waals surface area contributed by atoms with Crippen molar-refractivity contribution >= 4 is 17.5 Å². The third-order valence-corrected chi connectivity index (χ3v) is 3.58. The van der Waals surface area contributed by atoms with Gasteiger partial charge in [0.2, 0.25) is 5.91 Å². The normalized spacial score (nSPS) is 23.9. The molecule has 0 saturated carbocycles. The highest BCUT2D eigenvalue weighted by molar-refractivity contribution is 6.17. The Bertz CT molecular complexity index is 223. The van der Waals surface area contributed by atoms with Crippen LogP contribution in [-0.4, -0.2) is 31.0 Å². The van der Waals surface area contributed by atoms with E-state index < -0.39 is 0 Å². The molecule has 0 bridgehead atoms. The summed E-state index contributed by atoms with van der Waals surface area (Å²) >= 11 is 5.60. The van der Waals surface area contributed by atoms with E-state index in [0.717, 1.165) is 57.6 Å². The van der Waals surface area contributed by atoms with Crippen LogP contribution in [0.15, 0.2) is 0 Å². The van der Waals surface area contributed by atoms with Gasteiger partial charge in [-0.25, -0.2) is 0 Å². The van der Waals surface area contributed by atoms with E-state index in [9.17, 15) is 4.79 Å². The first kappa shape index (κ1) is 14.8. The van der Waals surface area contributed by atoms with Gasteiger partial charge in [-0.05, 0) is 25.7 Å². The Balaban J connectivity index is 2.08. The number of hydrogen-bond donors (Lipinski definition) is 1. The fraction of sp³-hybridized carbons (Fsp3) is 0.923.